The minimum atomic E-state index is -1.37. The zero-order chi connectivity index (χ0) is 45.9. The van der Waals surface area contributed by atoms with E-state index in [1.165, 1.54) is 11.1 Å². The molecule has 0 radical (unpaired) electrons. The minimum Gasteiger partial charge on any atom is -0.447 e. The molecule has 12 heteroatoms. The van der Waals surface area contributed by atoms with E-state index in [1.54, 1.807) is 9.80 Å². The van der Waals surface area contributed by atoms with Gasteiger partial charge < -0.3 is 9.47 Å². The van der Waals surface area contributed by atoms with Crippen molar-refractivity contribution >= 4 is 35.1 Å². The van der Waals surface area contributed by atoms with E-state index < -0.39 is 48.0 Å². The molecule has 4 heterocycles. The second-order valence-corrected chi connectivity index (χ2v) is 17.2. The number of likely N-dealkylation sites (tertiary alicyclic amines) is 2. The van der Waals surface area contributed by atoms with Crippen LogP contribution in [0.3, 0.4) is 0 Å². The maximum atomic E-state index is 14.6. The number of anilines is 2. The molecule has 0 aliphatic carbocycles. The van der Waals surface area contributed by atoms with E-state index in [0.29, 0.717) is 63.2 Å². The van der Waals surface area contributed by atoms with Gasteiger partial charge in [0.2, 0.25) is 0 Å². The summed E-state index contributed by atoms with van der Waals surface area (Å²) in [7, 11) is 0. The monoisotopic (exact) mass is 884 g/mol. The highest BCUT2D eigenvalue weighted by Crippen LogP contribution is 2.43. The fourth-order valence-corrected chi connectivity index (χ4v) is 9.55. The van der Waals surface area contributed by atoms with E-state index in [9.17, 15) is 19.2 Å². The molecule has 0 spiro atoms. The highest BCUT2D eigenvalue weighted by molar-refractivity contribution is 6.30. The van der Waals surface area contributed by atoms with Crippen LogP contribution in [-0.4, -0.2) is 82.9 Å². The first kappa shape index (κ1) is 45.5. The van der Waals surface area contributed by atoms with Crippen molar-refractivity contribution in [1.82, 2.24) is 19.8 Å². The first-order valence-corrected chi connectivity index (χ1v) is 22.6. The van der Waals surface area contributed by atoms with E-state index in [4.69, 9.17) is 19.4 Å². The average molecular weight is 885 g/mol. The lowest BCUT2D eigenvalue weighted by Gasteiger charge is -2.48. The van der Waals surface area contributed by atoms with Crippen LogP contribution in [0, 0.1) is 13.8 Å². The van der Waals surface area contributed by atoms with Crippen molar-refractivity contribution in [2.24, 2.45) is 0 Å². The van der Waals surface area contributed by atoms with Crippen molar-refractivity contribution in [1.29, 1.82) is 0 Å². The molecule has 0 N–H and O–H groups in total. The largest absolute Gasteiger partial charge is 0.447 e. The fraction of sp³-hybridized carbons (Fsp3) is 0.296. The Hall–Kier alpha value is -7.02. The van der Waals surface area contributed by atoms with Crippen molar-refractivity contribution in [2.45, 2.75) is 63.7 Å². The van der Waals surface area contributed by atoms with Gasteiger partial charge in [-0.2, -0.15) is 0 Å². The number of amides is 2. The van der Waals surface area contributed by atoms with Crippen LogP contribution in [0.4, 0.5) is 11.4 Å². The van der Waals surface area contributed by atoms with Crippen molar-refractivity contribution < 1.29 is 28.7 Å². The number of para-hydroxylation sites is 2. The topological polar surface area (TPSA) is 125 Å². The molecule has 2 aliphatic heterocycles. The van der Waals surface area contributed by atoms with Crippen LogP contribution in [0.25, 0.3) is 0 Å². The number of piperidine rings is 2. The van der Waals surface area contributed by atoms with Crippen molar-refractivity contribution in [3.05, 3.63) is 192 Å². The summed E-state index contributed by atoms with van der Waals surface area (Å²) in [4.78, 5) is 74.0. The summed E-state index contributed by atoms with van der Waals surface area (Å²) >= 11 is 0. The van der Waals surface area contributed by atoms with Gasteiger partial charge in [0.15, 0.2) is 13.2 Å². The molecule has 0 bridgehead atoms. The number of aromatic nitrogens is 2. The molecular formula is C54H56N6O6. The molecule has 2 aliphatic rings. The normalized spacial score (nSPS) is 15.8. The van der Waals surface area contributed by atoms with Gasteiger partial charge in [-0.1, -0.05) is 109 Å². The predicted octanol–water partition coefficient (Wildman–Crippen LogP) is 7.93. The minimum absolute atomic E-state index is 0.528. The van der Waals surface area contributed by atoms with Gasteiger partial charge in [0.05, 0.1) is 22.5 Å². The molecule has 2 aromatic heterocycles. The molecule has 8 rings (SSSR count). The summed E-state index contributed by atoms with van der Waals surface area (Å²) in [5.74, 6) is -3.81. The number of hydrogen-bond acceptors (Lipinski definition) is 10. The molecular weight excluding hydrogens is 829 g/mol. The fourth-order valence-electron chi connectivity index (χ4n) is 9.55. The first-order chi connectivity index (χ1) is 32.1. The third-order valence-electron chi connectivity index (χ3n) is 12.8. The lowest BCUT2D eigenvalue weighted by atomic mass is 9.81. The quantitative estimate of drug-likeness (QED) is 0.0787. The number of nitrogens with zero attached hydrogens (tertiary/aromatic N) is 6. The molecule has 66 heavy (non-hydrogen) atoms. The molecule has 0 atom stereocenters. The van der Waals surface area contributed by atoms with Gasteiger partial charge in [-0.15, -0.1) is 0 Å². The molecule has 6 aromatic rings. The summed E-state index contributed by atoms with van der Waals surface area (Å²) in [6, 6.07) is 50.7. The third kappa shape index (κ3) is 10.4. The lowest BCUT2D eigenvalue weighted by Crippen LogP contribution is -2.57. The highest BCUT2D eigenvalue weighted by atomic mass is 16.6. The van der Waals surface area contributed by atoms with Crippen LogP contribution < -0.4 is 9.80 Å². The maximum absolute atomic E-state index is 14.6. The smallest absolute Gasteiger partial charge is 0.418 e. The van der Waals surface area contributed by atoms with Crippen LogP contribution in [0.1, 0.15) is 59.6 Å². The maximum Gasteiger partial charge on any atom is 0.418 e. The zero-order valence-electron chi connectivity index (χ0n) is 37.6. The van der Waals surface area contributed by atoms with E-state index in [0.717, 1.165) is 35.9 Å². The Morgan fingerprint density at radius 1 is 0.470 bits per heavy atom. The summed E-state index contributed by atoms with van der Waals surface area (Å²) in [6.45, 7) is 6.59. The van der Waals surface area contributed by atoms with Gasteiger partial charge in [-0.3, -0.25) is 39.2 Å². The van der Waals surface area contributed by atoms with Gasteiger partial charge in [0.1, 0.15) is 0 Å². The number of rotatable bonds is 14. The highest BCUT2D eigenvalue weighted by Gasteiger charge is 2.48. The lowest BCUT2D eigenvalue weighted by molar-refractivity contribution is -0.169. The Morgan fingerprint density at radius 3 is 1.14 bits per heavy atom. The van der Waals surface area contributed by atoms with Crippen molar-refractivity contribution in [3.8, 4) is 0 Å². The van der Waals surface area contributed by atoms with Crippen LogP contribution in [0.2, 0.25) is 0 Å². The second-order valence-electron chi connectivity index (χ2n) is 17.2. The molecule has 2 fully saturated rings. The Morgan fingerprint density at radius 2 is 0.803 bits per heavy atom. The van der Waals surface area contributed by atoms with E-state index >= 15 is 0 Å². The number of carbonyl (C=O) groups is 4. The Balaban J connectivity index is 0.987. The summed E-state index contributed by atoms with van der Waals surface area (Å²) < 4.78 is 10.9. The Bertz CT molecular complexity index is 2400. The molecule has 4 aromatic carbocycles. The Kier molecular flexibility index (Phi) is 14.4. The van der Waals surface area contributed by atoms with Gasteiger partial charge >= 0.3 is 11.9 Å². The number of aryl methyl sites for hydroxylation is 2. The van der Waals surface area contributed by atoms with Crippen LogP contribution in [-0.2, 0) is 52.8 Å². The predicted molar refractivity (Wildman–Crippen MR) is 253 cm³/mol. The number of benzene rings is 4. The van der Waals surface area contributed by atoms with E-state index in [2.05, 4.69) is 34.1 Å². The standard InChI is InChI=1S/C54H56N6O6/c1-41-17-15-27-47(55-41)53(29-33-57(34-30-53)37-43-19-7-3-8-20-43)59(45-23-11-5-12-24-45)49(61)39-65-51(63)52(64)66-40-50(62)60(46-25-13-6-14-26-46)54(48-28-16-18-42(2)56-48)31-35-58(36-32-54)38-44-21-9-4-10-22-44/h3-28H,29-40H2,1-2H3. The van der Waals surface area contributed by atoms with Crippen molar-refractivity contribution in [2.75, 3.05) is 49.2 Å². The number of ether oxygens (including phenoxy) is 2. The summed E-state index contributed by atoms with van der Waals surface area (Å²) in [6.07, 6.45) is 2.21. The molecule has 0 saturated carbocycles. The number of pyridine rings is 2. The first-order valence-electron chi connectivity index (χ1n) is 22.6. The molecule has 12 nitrogen and oxygen atoms in total. The molecule has 0 unspecified atom stereocenters. The SMILES string of the molecule is Cc1cccc(C2(N(C(=O)COC(=O)C(=O)OCC(=O)N(c3ccccc3)C3(c4cccc(C)n4)CCN(Cc4ccccc4)CC3)c3ccccc3)CCN(Cc3ccccc3)CC2)n1. The Labute approximate surface area is 386 Å². The molecule has 2 amide bonds. The third-order valence-corrected chi connectivity index (χ3v) is 12.8. The summed E-state index contributed by atoms with van der Waals surface area (Å²) in [5, 5.41) is 0. The van der Waals surface area contributed by atoms with Gasteiger partial charge in [-0.25, -0.2) is 9.59 Å². The van der Waals surface area contributed by atoms with Crippen LogP contribution in [0.15, 0.2) is 158 Å². The van der Waals surface area contributed by atoms with Crippen LogP contribution in [0.5, 0.6) is 0 Å². The molecule has 338 valence electrons. The van der Waals surface area contributed by atoms with E-state index in [1.807, 2.05) is 147 Å². The van der Waals surface area contributed by atoms with Gasteiger partial charge in [0, 0.05) is 62.0 Å². The number of carbonyl (C=O) groups excluding carboxylic acids is 4. The second kappa shape index (κ2) is 20.9. The van der Waals surface area contributed by atoms with Crippen molar-refractivity contribution in [3.63, 3.8) is 0 Å². The molecule has 2 saturated heterocycles. The number of esters is 2. The van der Waals surface area contributed by atoms with Crippen LogP contribution >= 0.6 is 0 Å². The van der Waals surface area contributed by atoms with Gasteiger partial charge in [-0.05, 0) is 99.2 Å². The van der Waals surface area contributed by atoms with Gasteiger partial charge in [0.25, 0.3) is 11.8 Å². The number of hydrogen-bond donors (Lipinski definition) is 0. The van der Waals surface area contributed by atoms with E-state index in [-0.39, 0.29) is 0 Å². The average Bonchev–Trinajstić information content (AvgIpc) is 3.35. The summed E-state index contributed by atoms with van der Waals surface area (Å²) in [5.41, 5.74) is 4.90. The zero-order valence-corrected chi connectivity index (χ0v) is 37.6.